The maximum atomic E-state index is 13.5. The van der Waals surface area contributed by atoms with Gasteiger partial charge in [-0.3, -0.25) is 14.9 Å². The summed E-state index contributed by atoms with van der Waals surface area (Å²) in [6.45, 7) is 0. The van der Waals surface area contributed by atoms with Crippen molar-refractivity contribution in [2.75, 3.05) is 14.2 Å². The number of carbonyl (C=O) groups is 1. The van der Waals surface area contributed by atoms with Crippen LogP contribution < -0.4 is 14.2 Å². The molecule has 0 N–H and O–H groups in total. The molecule has 7 nitrogen and oxygen atoms in total. The van der Waals surface area contributed by atoms with Crippen LogP contribution in [0.25, 0.3) is 6.08 Å². The molecule has 0 spiro atoms. The van der Waals surface area contributed by atoms with E-state index in [0.29, 0.717) is 33.9 Å². The summed E-state index contributed by atoms with van der Waals surface area (Å²) in [5.74, 6) is 0.365. The lowest BCUT2D eigenvalue weighted by Crippen LogP contribution is -2.51. The number of ketones is 1. The van der Waals surface area contributed by atoms with Gasteiger partial charge in [0.1, 0.15) is 17.2 Å². The number of ether oxygens (including phenoxy) is 3. The Hall–Kier alpha value is -4.43. The fraction of sp³-hybridized carbons (Fsp3) is 0.182. The van der Waals surface area contributed by atoms with E-state index in [-0.39, 0.29) is 29.3 Å². The van der Waals surface area contributed by atoms with Crippen molar-refractivity contribution in [1.29, 1.82) is 0 Å². The maximum absolute atomic E-state index is 13.5. The Balaban J connectivity index is 1.78. The fourth-order valence-electron chi connectivity index (χ4n) is 5.40. The number of hydrogen-bond donors (Lipinski definition) is 0. The van der Waals surface area contributed by atoms with Crippen LogP contribution in [0, 0.1) is 10.1 Å². The highest BCUT2D eigenvalue weighted by molar-refractivity contribution is 9.10. The molecule has 208 valence electrons. The highest BCUT2D eigenvalue weighted by atomic mass is 79.9. The van der Waals surface area contributed by atoms with Gasteiger partial charge in [0.15, 0.2) is 11.5 Å². The van der Waals surface area contributed by atoms with Crippen molar-refractivity contribution in [2.24, 2.45) is 0 Å². The molecule has 41 heavy (non-hydrogen) atoms. The molecule has 8 heteroatoms. The molecule has 0 aliphatic carbocycles. The Bertz CT molecular complexity index is 1590. The lowest BCUT2D eigenvalue weighted by molar-refractivity contribution is -0.567. The minimum absolute atomic E-state index is 0.0681. The second kappa shape index (κ2) is 12.0. The molecule has 0 unspecified atom stereocenters. The standard InChI is InChI=1S/C33H28BrNO6/c1-39-26-20-28(40-2)31-29(21-26)41-30(19-22-9-5-3-6-10-22)33(35(37)38,32(31)24-13-15-25(34)16-14-24)18-17-27(36)23-11-7-4-8-12-23/h3-16,19-21,32H,17-18H2,1-2H3/b30-19-/t32-,33+/m1/s1. The molecule has 4 aromatic carbocycles. The first kappa shape index (κ1) is 28.1. The van der Waals surface area contributed by atoms with Crippen LogP contribution in [0.1, 0.15) is 45.8 Å². The maximum Gasteiger partial charge on any atom is 0.290 e. The van der Waals surface area contributed by atoms with Crippen LogP contribution in [0.3, 0.4) is 0 Å². The van der Waals surface area contributed by atoms with Crippen LogP contribution in [0.2, 0.25) is 0 Å². The topological polar surface area (TPSA) is 87.9 Å². The number of fused-ring (bicyclic) bond motifs is 1. The van der Waals surface area contributed by atoms with Gasteiger partial charge in [-0.25, -0.2) is 0 Å². The zero-order valence-electron chi connectivity index (χ0n) is 22.6. The third kappa shape index (κ3) is 5.47. The quantitative estimate of drug-likeness (QED) is 0.109. The Morgan fingerprint density at radius 2 is 1.63 bits per heavy atom. The third-order valence-corrected chi connectivity index (χ3v) is 7.93. The molecule has 0 radical (unpaired) electrons. The molecular weight excluding hydrogens is 586 g/mol. The van der Waals surface area contributed by atoms with E-state index >= 15 is 0 Å². The zero-order valence-corrected chi connectivity index (χ0v) is 24.2. The van der Waals surface area contributed by atoms with E-state index in [0.717, 1.165) is 10.0 Å². The van der Waals surface area contributed by atoms with E-state index in [9.17, 15) is 14.9 Å². The van der Waals surface area contributed by atoms with Gasteiger partial charge in [0.25, 0.3) is 5.54 Å². The number of rotatable bonds is 9. The molecule has 0 aromatic heterocycles. The average Bonchev–Trinajstić information content (AvgIpc) is 3.00. The summed E-state index contributed by atoms with van der Waals surface area (Å²) in [6, 6.07) is 28.9. The van der Waals surface area contributed by atoms with Gasteiger partial charge in [0.2, 0.25) is 0 Å². The highest BCUT2D eigenvalue weighted by Gasteiger charge is 2.60. The van der Waals surface area contributed by atoms with Gasteiger partial charge in [-0.15, -0.1) is 0 Å². The first-order valence-corrected chi connectivity index (χ1v) is 13.9. The largest absolute Gasteiger partial charge is 0.496 e. The van der Waals surface area contributed by atoms with Crippen LogP contribution in [0.15, 0.2) is 107 Å². The summed E-state index contributed by atoms with van der Waals surface area (Å²) in [4.78, 5) is 26.5. The van der Waals surface area contributed by atoms with E-state index in [2.05, 4.69) is 15.9 Å². The van der Waals surface area contributed by atoms with Crippen LogP contribution >= 0.6 is 15.9 Å². The molecular formula is C33H28BrNO6. The lowest BCUT2D eigenvalue weighted by Gasteiger charge is -2.40. The van der Waals surface area contributed by atoms with Crippen molar-refractivity contribution in [3.05, 3.63) is 140 Å². The van der Waals surface area contributed by atoms with Gasteiger partial charge in [0.05, 0.1) is 25.7 Å². The summed E-state index contributed by atoms with van der Waals surface area (Å²) < 4.78 is 18.6. The van der Waals surface area contributed by atoms with Crippen LogP contribution in [0.4, 0.5) is 0 Å². The molecule has 1 aliphatic rings. The first-order chi connectivity index (χ1) is 19.9. The number of methoxy groups -OCH3 is 2. The predicted molar refractivity (Wildman–Crippen MR) is 160 cm³/mol. The lowest BCUT2D eigenvalue weighted by atomic mass is 9.69. The fourth-order valence-corrected chi connectivity index (χ4v) is 5.66. The summed E-state index contributed by atoms with van der Waals surface area (Å²) in [7, 11) is 3.04. The summed E-state index contributed by atoms with van der Waals surface area (Å²) >= 11 is 3.48. The predicted octanol–water partition coefficient (Wildman–Crippen LogP) is 7.71. The zero-order chi connectivity index (χ0) is 29.0. The monoisotopic (exact) mass is 613 g/mol. The molecule has 0 saturated carbocycles. The molecule has 0 amide bonds. The van der Waals surface area contributed by atoms with E-state index in [1.54, 1.807) is 42.5 Å². The van der Waals surface area contributed by atoms with Gasteiger partial charge in [-0.05, 0) is 29.3 Å². The second-order valence-electron chi connectivity index (χ2n) is 9.72. The van der Waals surface area contributed by atoms with Gasteiger partial charge in [-0.1, -0.05) is 88.7 Å². The van der Waals surface area contributed by atoms with E-state index in [1.165, 1.54) is 14.2 Å². The highest BCUT2D eigenvalue weighted by Crippen LogP contribution is 2.56. The Kier molecular flexibility index (Phi) is 8.21. The van der Waals surface area contributed by atoms with Crippen molar-refractivity contribution >= 4 is 27.8 Å². The first-order valence-electron chi connectivity index (χ1n) is 13.1. The number of carbonyl (C=O) groups excluding carboxylic acids is 1. The summed E-state index contributed by atoms with van der Waals surface area (Å²) in [6.07, 6.45) is 1.51. The minimum atomic E-state index is -1.84. The minimum Gasteiger partial charge on any atom is -0.496 e. The van der Waals surface area contributed by atoms with Gasteiger partial charge >= 0.3 is 0 Å². The Morgan fingerprint density at radius 1 is 0.976 bits per heavy atom. The van der Waals surface area contributed by atoms with Crippen LogP contribution in [0.5, 0.6) is 17.2 Å². The molecule has 2 atom stereocenters. The SMILES string of the molecule is COc1cc(OC)c2c(c1)O/C(=C\c1ccccc1)[C@](CCC(=O)c1ccccc1)([N+](=O)[O-])[C@@H]2c1ccc(Br)cc1. The number of Topliss-reactive ketones (excluding diaryl/α,β-unsaturated/α-hetero) is 1. The smallest absolute Gasteiger partial charge is 0.290 e. The molecule has 4 aromatic rings. The molecule has 0 bridgehead atoms. The molecule has 0 fully saturated rings. The number of hydrogen-bond acceptors (Lipinski definition) is 6. The van der Waals surface area contributed by atoms with Crippen molar-refractivity contribution in [1.82, 2.24) is 0 Å². The van der Waals surface area contributed by atoms with Gasteiger partial charge < -0.3 is 14.2 Å². The van der Waals surface area contributed by atoms with Gasteiger partial charge in [0, 0.05) is 39.9 Å². The normalized spacial score (nSPS) is 18.7. The Morgan fingerprint density at radius 3 is 2.24 bits per heavy atom. The van der Waals surface area contributed by atoms with Crippen LogP contribution in [-0.4, -0.2) is 30.5 Å². The number of nitro groups is 1. The molecule has 0 saturated heterocycles. The van der Waals surface area contributed by atoms with Gasteiger partial charge in [-0.2, -0.15) is 0 Å². The average molecular weight is 614 g/mol. The summed E-state index contributed by atoms with van der Waals surface area (Å²) in [5.41, 5.74) is 0.590. The second-order valence-corrected chi connectivity index (χ2v) is 10.6. The number of benzene rings is 4. The molecule has 1 heterocycles. The summed E-state index contributed by atoms with van der Waals surface area (Å²) in [5, 5.41) is 13.5. The van der Waals surface area contributed by atoms with Crippen molar-refractivity contribution < 1.29 is 23.9 Å². The van der Waals surface area contributed by atoms with Crippen molar-refractivity contribution in [3.63, 3.8) is 0 Å². The van der Waals surface area contributed by atoms with E-state index in [1.807, 2.05) is 60.7 Å². The molecule has 5 rings (SSSR count). The third-order valence-electron chi connectivity index (χ3n) is 7.40. The Labute approximate surface area is 246 Å². The van der Waals surface area contributed by atoms with Crippen molar-refractivity contribution in [3.8, 4) is 17.2 Å². The molecule has 1 aliphatic heterocycles. The van der Waals surface area contributed by atoms with E-state index < -0.39 is 11.5 Å². The van der Waals surface area contributed by atoms with E-state index in [4.69, 9.17) is 14.2 Å². The van der Waals surface area contributed by atoms with Crippen molar-refractivity contribution in [2.45, 2.75) is 24.3 Å². The number of halogens is 1. The van der Waals surface area contributed by atoms with Crippen LogP contribution in [-0.2, 0) is 0 Å². The number of nitrogens with zero attached hydrogens (tertiary/aromatic N) is 1.